The lowest BCUT2D eigenvalue weighted by atomic mass is 10.1. The van der Waals surface area contributed by atoms with E-state index >= 15 is 0 Å². The van der Waals surface area contributed by atoms with Crippen molar-refractivity contribution >= 4 is 27.5 Å². The van der Waals surface area contributed by atoms with Crippen LogP contribution in [0.15, 0.2) is 59.6 Å². The number of hydrogen-bond acceptors (Lipinski definition) is 3. The van der Waals surface area contributed by atoms with Crippen molar-refractivity contribution in [3.8, 4) is 5.69 Å². The van der Waals surface area contributed by atoms with E-state index in [4.69, 9.17) is 0 Å². The quantitative estimate of drug-likeness (QED) is 0.699. The van der Waals surface area contributed by atoms with Crippen LogP contribution in [0.4, 0.5) is 18.9 Å². The van der Waals surface area contributed by atoms with Gasteiger partial charge in [0, 0.05) is 29.3 Å². The summed E-state index contributed by atoms with van der Waals surface area (Å²) in [4.78, 5) is 16.0. The number of amides is 1. The summed E-state index contributed by atoms with van der Waals surface area (Å²) in [6.45, 7) is 0. The topological polar surface area (TPSA) is 59.8 Å². The average Bonchev–Trinajstić information content (AvgIpc) is 3.08. The predicted octanol–water partition coefficient (Wildman–Crippen LogP) is 4.30. The summed E-state index contributed by atoms with van der Waals surface area (Å²) in [7, 11) is 0. The Hall–Kier alpha value is -2.68. The zero-order valence-corrected chi connectivity index (χ0v) is 14.0. The summed E-state index contributed by atoms with van der Waals surface area (Å²) < 4.78 is 42.0. The Kier molecular flexibility index (Phi) is 4.58. The molecule has 0 radical (unpaired) electrons. The lowest BCUT2D eigenvalue weighted by Gasteiger charge is -2.15. The Morgan fingerprint density at radius 1 is 1.20 bits per heavy atom. The molecule has 0 spiro atoms. The number of carbonyl (C=O) groups is 1. The van der Waals surface area contributed by atoms with Crippen molar-refractivity contribution in [2.45, 2.75) is 6.18 Å². The second-order valence-electron chi connectivity index (χ2n) is 5.02. The Bertz CT molecular complexity index is 910. The van der Waals surface area contributed by atoms with Crippen molar-refractivity contribution in [1.82, 2.24) is 14.8 Å². The first kappa shape index (κ1) is 17.2. The summed E-state index contributed by atoms with van der Waals surface area (Å²) in [5.74, 6) is -0.689. The first-order chi connectivity index (χ1) is 11.8. The fourth-order valence-corrected chi connectivity index (χ4v) is 2.54. The van der Waals surface area contributed by atoms with Gasteiger partial charge >= 0.3 is 6.18 Å². The van der Waals surface area contributed by atoms with E-state index in [1.807, 2.05) is 0 Å². The number of rotatable bonds is 3. The van der Waals surface area contributed by atoms with Crippen molar-refractivity contribution in [3.63, 3.8) is 0 Å². The van der Waals surface area contributed by atoms with Gasteiger partial charge in [0.1, 0.15) is 0 Å². The second kappa shape index (κ2) is 6.67. The van der Waals surface area contributed by atoms with Gasteiger partial charge in [-0.1, -0.05) is 0 Å². The highest BCUT2D eigenvalue weighted by Crippen LogP contribution is 2.36. The number of benzene rings is 1. The van der Waals surface area contributed by atoms with Gasteiger partial charge in [-0.25, -0.2) is 4.68 Å². The lowest BCUT2D eigenvalue weighted by molar-refractivity contribution is -0.136. The highest BCUT2D eigenvalue weighted by molar-refractivity contribution is 9.10. The molecular weight excluding hydrogens is 401 g/mol. The Balaban J connectivity index is 1.96. The minimum Gasteiger partial charge on any atom is -0.321 e. The molecule has 25 heavy (non-hydrogen) atoms. The largest absolute Gasteiger partial charge is 0.418 e. The van der Waals surface area contributed by atoms with Crippen molar-refractivity contribution in [1.29, 1.82) is 0 Å². The second-order valence-corrected chi connectivity index (χ2v) is 5.94. The fraction of sp³-hybridized carbons (Fsp3) is 0.0625. The molecule has 2 aromatic heterocycles. The van der Waals surface area contributed by atoms with Crippen LogP contribution in [-0.2, 0) is 6.18 Å². The summed E-state index contributed by atoms with van der Waals surface area (Å²) in [6, 6.07) is 6.64. The smallest absolute Gasteiger partial charge is 0.321 e. The first-order valence-electron chi connectivity index (χ1n) is 6.98. The molecule has 0 aliphatic rings. The highest BCUT2D eigenvalue weighted by atomic mass is 79.9. The van der Waals surface area contributed by atoms with Gasteiger partial charge in [-0.05, 0) is 46.3 Å². The molecule has 1 aromatic carbocycles. The van der Waals surface area contributed by atoms with Crippen LogP contribution in [0.2, 0.25) is 0 Å². The molecule has 1 N–H and O–H groups in total. The molecule has 3 rings (SSSR count). The SMILES string of the molecule is O=C(Nc1ccc(-n2cccn2)cc1C(F)(F)F)c1cncc(Br)c1. The van der Waals surface area contributed by atoms with Gasteiger partial charge in [0.05, 0.1) is 22.5 Å². The van der Waals surface area contributed by atoms with E-state index < -0.39 is 17.6 Å². The zero-order chi connectivity index (χ0) is 18.0. The third kappa shape index (κ3) is 3.87. The van der Waals surface area contributed by atoms with Crippen molar-refractivity contribution < 1.29 is 18.0 Å². The molecular formula is C16H10BrF3N4O. The van der Waals surface area contributed by atoms with Crippen LogP contribution in [0, 0.1) is 0 Å². The molecule has 5 nitrogen and oxygen atoms in total. The third-order valence-corrected chi connectivity index (χ3v) is 3.73. The number of anilines is 1. The summed E-state index contributed by atoms with van der Waals surface area (Å²) >= 11 is 3.16. The first-order valence-corrected chi connectivity index (χ1v) is 7.77. The molecule has 9 heteroatoms. The molecule has 0 saturated heterocycles. The number of carbonyl (C=O) groups excluding carboxylic acids is 1. The molecule has 0 unspecified atom stereocenters. The van der Waals surface area contributed by atoms with Crippen LogP contribution in [0.5, 0.6) is 0 Å². The summed E-state index contributed by atoms with van der Waals surface area (Å²) in [5.41, 5.74) is -0.928. The highest BCUT2D eigenvalue weighted by Gasteiger charge is 2.34. The predicted molar refractivity (Wildman–Crippen MR) is 88.5 cm³/mol. The van der Waals surface area contributed by atoms with E-state index in [1.54, 1.807) is 6.07 Å². The Labute approximate surface area is 148 Å². The molecule has 3 aromatic rings. The third-order valence-electron chi connectivity index (χ3n) is 3.29. The maximum absolute atomic E-state index is 13.4. The fourth-order valence-electron chi connectivity index (χ4n) is 2.17. The van der Waals surface area contributed by atoms with E-state index in [1.165, 1.54) is 47.7 Å². The van der Waals surface area contributed by atoms with Crippen molar-refractivity contribution in [2.24, 2.45) is 0 Å². The van der Waals surface area contributed by atoms with Gasteiger partial charge in [-0.15, -0.1) is 0 Å². The zero-order valence-electron chi connectivity index (χ0n) is 12.5. The molecule has 0 aliphatic heterocycles. The average molecular weight is 411 g/mol. The molecule has 128 valence electrons. The molecule has 2 heterocycles. The number of pyridine rings is 1. The number of hydrogen-bond donors (Lipinski definition) is 1. The maximum Gasteiger partial charge on any atom is 0.418 e. The van der Waals surface area contributed by atoms with E-state index in [-0.39, 0.29) is 16.9 Å². The van der Waals surface area contributed by atoms with Crippen molar-refractivity contribution in [3.05, 3.63) is 70.7 Å². The normalized spacial score (nSPS) is 11.4. The monoisotopic (exact) mass is 410 g/mol. The molecule has 1 amide bonds. The van der Waals surface area contributed by atoms with Crippen LogP contribution in [0.3, 0.4) is 0 Å². The van der Waals surface area contributed by atoms with E-state index in [0.717, 1.165) is 6.07 Å². The van der Waals surface area contributed by atoms with Crippen molar-refractivity contribution in [2.75, 3.05) is 5.32 Å². The number of nitrogens with zero attached hydrogens (tertiary/aromatic N) is 3. The van der Waals surface area contributed by atoms with Gasteiger partial charge in [-0.3, -0.25) is 9.78 Å². The standard InChI is InChI=1S/C16H10BrF3N4O/c17-11-6-10(8-21-9-11)15(25)23-14-3-2-12(24-5-1-4-22-24)7-13(14)16(18,19)20/h1-9H,(H,23,25). The van der Waals surface area contributed by atoms with Gasteiger partial charge < -0.3 is 5.32 Å². The van der Waals surface area contributed by atoms with Gasteiger partial charge in [0.25, 0.3) is 5.91 Å². The number of alkyl halides is 3. The minimum absolute atomic E-state index is 0.138. The molecule has 0 saturated carbocycles. The van der Waals surface area contributed by atoms with Crippen LogP contribution < -0.4 is 5.32 Å². The van der Waals surface area contributed by atoms with Gasteiger partial charge in [0.2, 0.25) is 0 Å². The Morgan fingerprint density at radius 2 is 2.00 bits per heavy atom. The lowest BCUT2D eigenvalue weighted by Crippen LogP contribution is -2.17. The van der Waals surface area contributed by atoms with Crippen LogP contribution in [-0.4, -0.2) is 20.7 Å². The minimum atomic E-state index is -4.64. The van der Waals surface area contributed by atoms with Gasteiger partial charge in [-0.2, -0.15) is 18.3 Å². The molecule has 0 aliphatic carbocycles. The molecule has 0 atom stereocenters. The number of halogens is 4. The van der Waals surface area contributed by atoms with E-state index in [9.17, 15) is 18.0 Å². The Morgan fingerprint density at radius 3 is 2.64 bits per heavy atom. The van der Waals surface area contributed by atoms with E-state index in [0.29, 0.717) is 4.47 Å². The molecule has 0 bridgehead atoms. The van der Waals surface area contributed by atoms with Gasteiger partial charge in [0.15, 0.2) is 0 Å². The number of aromatic nitrogens is 3. The van der Waals surface area contributed by atoms with E-state index in [2.05, 4.69) is 31.3 Å². The summed E-state index contributed by atoms with van der Waals surface area (Å²) in [6.07, 6.45) is 1.09. The summed E-state index contributed by atoms with van der Waals surface area (Å²) in [5, 5.41) is 6.19. The molecule has 0 fully saturated rings. The number of nitrogens with one attached hydrogen (secondary N) is 1. The van der Waals surface area contributed by atoms with Crippen LogP contribution >= 0.6 is 15.9 Å². The van der Waals surface area contributed by atoms with Crippen LogP contribution in [0.1, 0.15) is 15.9 Å². The van der Waals surface area contributed by atoms with Crippen LogP contribution in [0.25, 0.3) is 5.69 Å². The maximum atomic E-state index is 13.4.